The number of nitrogens with zero attached hydrogens (tertiary/aromatic N) is 3. The number of halogens is 8. The SMILES string of the molecule is [C-]#[N+]c1nn(-c2c(Cl)cc(C(F)(F)F)cc2Cl)c(N)c1C1(C(F)(F)F)CO1. The highest BCUT2D eigenvalue weighted by atomic mass is 35.5. The Bertz CT molecular complexity index is 949. The van der Waals surface area contributed by atoms with Gasteiger partial charge in [0.2, 0.25) is 5.60 Å². The fraction of sp³-hybridized carbons (Fsp3) is 0.286. The Morgan fingerprint density at radius 3 is 2.07 bits per heavy atom. The maximum absolute atomic E-state index is 13.3. The summed E-state index contributed by atoms with van der Waals surface area (Å²) in [6.07, 6.45) is -9.64. The molecular formula is C14H6Cl2F6N4O. The van der Waals surface area contributed by atoms with E-state index in [9.17, 15) is 26.3 Å². The smallest absolute Gasteiger partial charge is 0.383 e. The molecule has 2 aromatic rings. The van der Waals surface area contributed by atoms with E-state index >= 15 is 0 Å². The second-order valence-corrected chi connectivity index (χ2v) is 6.32. The van der Waals surface area contributed by atoms with Crippen molar-refractivity contribution in [2.24, 2.45) is 0 Å². The molecule has 1 aliphatic rings. The second-order valence-electron chi connectivity index (χ2n) is 5.51. The minimum atomic E-state index is -4.89. The molecule has 0 amide bonds. The summed E-state index contributed by atoms with van der Waals surface area (Å²) in [5.41, 5.74) is 0.627. The lowest BCUT2D eigenvalue weighted by Crippen LogP contribution is -2.31. The molecule has 13 heteroatoms. The largest absolute Gasteiger partial charge is 0.422 e. The van der Waals surface area contributed by atoms with Crippen molar-refractivity contribution in [1.29, 1.82) is 0 Å². The number of ether oxygens (including phenoxy) is 1. The lowest BCUT2D eigenvalue weighted by molar-refractivity contribution is -0.186. The molecule has 2 heterocycles. The van der Waals surface area contributed by atoms with Gasteiger partial charge < -0.3 is 15.3 Å². The maximum atomic E-state index is 13.3. The van der Waals surface area contributed by atoms with Gasteiger partial charge in [-0.3, -0.25) is 0 Å². The number of hydrogen-bond donors (Lipinski definition) is 1. The van der Waals surface area contributed by atoms with E-state index in [1.165, 1.54) is 0 Å². The maximum Gasteiger partial charge on any atom is 0.422 e. The fourth-order valence-corrected chi connectivity index (χ4v) is 3.16. The van der Waals surface area contributed by atoms with Gasteiger partial charge in [0, 0.05) is 0 Å². The third-order valence-electron chi connectivity index (χ3n) is 3.86. The molecule has 144 valence electrons. The second kappa shape index (κ2) is 5.92. The zero-order chi connectivity index (χ0) is 20.4. The van der Waals surface area contributed by atoms with Crippen molar-refractivity contribution in [2.75, 3.05) is 12.3 Å². The van der Waals surface area contributed by atoms with Crippen LogP contribution in [0.15, 0.2) is 12.1 Å². The number of alkyl halides is 6. The number of nitrogen functional groups attached to an aromatic ring is 1. The van der Waals surface area contributed by atoms with Gasteiger partial charge in [-0.25, -0.2) is 0 Å². The highest BCUT2D eigenvalue weighted by Crippen LogP contribution is 2.56. The van der Waals surface area contributed by atoms with Gasteiger partial charge in [-0.15, -0.1) is 4.68 Å². The van der Waals surface area contributed by atoms with Gasteiger partial charge in [0.25, 0.3) is 0 Å². The molecule has 1 aromatic heterocycles. The van der Waals surface area contributed by atoms with E-state index in [4.69, 9.17) is 35.5 Å². The van der Waals surface area contributed by atoms with Crippen molar-refractivity contribution in [2.45, 2.75) is 18.0 Å². The summed E-state index contributed by atoms with van der Waals surface area (Å²) in [5.74, 6) is -1.39. The van der Waals surface area contributed by atoms with Crippen LogP contribution in [-0.2, 0) is 16.5 Å². The molecule has 27 heavy (non-hydrogen) atoms. The molecule has 1 atom stereocenters. The van der Waals surface area contributed by atoms with Crippen LogP contribution >= 0.6 is 23.2 Å². The first-order chi connectivity index (χ1) is 12.3. The van der Waals surface area contributed by atoms with E-state index in [2.05, 4.69) is 14.7 Å². The van der Waals surface area contributed by atoms with Gasteiger partial charge in [0.1, 0.15) is 11.5 Å². The fourth-order valence-electron chi connectivity index (χ4n) is 2.51. The summed E-state index contributed by atoms with van der Waals surface area (Å²) in [4.78, 5) is 2.91. The molecule has 0 radical (unpaired) electrons. The molecule has 1 aliphatic heterocycles. The number of nitrogens with two attached hydrogens (primary N) is 1. The molecule has 2 N–H and O–H groups in total. The summed E-state index contributed by atoms with van der Waals surface area (Å²) in [7, 11) is 0. The van der Waals surface area contributed by atoms with Crippen LogP contribution in [0.3, 0.4) is 0 Å². The molecule has 1 saturated heterocycles. The number of rotatable bonds is 2. The van der Waals surface area contributed by atoms with Crippen LogP contribution in [0.25, 0.3) is 10.5 Å². The van der Waals surface area contributed by atoms with E-state index in [0.717, 1.165) is 0 Å². The lowest BCUT2D eigenvalue weighted by Gasteiger charge is -2.16. The van der Waals surface area contributed by atoms with Crippen molar-refractivity contribution in [3.63, 3.8) is 0 Å². The molecular weight excluding hydrogens is 425 g/mol. The van der Waals surface area contributed by atoms with Crippen LogP contribution in [0.1, 0.15) is 11.1 Å². The van der Waals surface area contributed by atoms with Gasteiger partial charge in [0.15, 0.2) is 0 Å². The highest BCUT2D eigenvalue weighted by Gasteiger charge is 2.69. The number of anilines is 1. The van der Waals surface area contributed by atoms with E-state index in [1.807, 2.05) is 0 Å². The molecule has 0 aliphatic carbocycles. The molecule has 0 bridgehead atoms. The van der Waals surface area contributed by atoms with Gasteiger partial charge in [-0.05, 0) is 17.2 Å². The number of epoxide rings is 1. The normalized spacial score (nSPS) is 19.8. The molecule has 0 spiro atoms. The first-order valence-electron chi connectivity index (χ1n) is 6.87. The first kappa shape index (κ1) is 19.6. The Balaban J connectivity index is 2.23. The van der Waals surface area contributed by atoms with E-state index in [-0.39, 0.29) is 0 Å². The summed E-state index contributed by atoms with van der Waals surface area (Å²) in [6, 6.07) is 1.04. The summed E-state index contributed by atoms with van der Waals surface area (Å²) >= 11 is 11.7. The van der Waals surface area contributed by atoms with E-state index < -0.39 is 63.1 Å². The molecule has 3 rings (SSSR count). The molecule has 0 saturated carbocycles. The molecule has 1 unspecified atom stereocenters. The van der Waals surface area contributed by atoms with Crippen LogP contribution in [0.4, 0.5) is 38.0 Å². The van der Waals surface area contributed by atoms with Crippen LogP contribution in [-0.4, -0.2) is 22.6 Å². The Hall–Kier alpha value is -2.16. The standard InChI is InChI=1S/C14H6Cl2F6N4O/c1-24-11-8(12(4-27-12)14(20,21)22)10(23)26(25-11)9-6(15)2-5(3-7(9)16)13(17,18)19/h2-3H,4,23H2. The van der Waals surface area contributed by atoms with Crippen molar-refractivity contribution in [1.82, 2.24) is 9.78 Å². The Kier molecular flexibility index (Phi) is 4.30. The van der Waals surface area contributed by atoms with Gasteiger partial charge >= 0.3 is 18.2 Å². The molecule has 5 nitrogen and oxygen atoms in total. The van der Waals surface area contributed by atoms with Gasteiger partial charge in [-0.2, -0.15) is 26.3 Å². The third-order valence-corrected chi connectivity index (χ3v) is 4.44. The van der Waals surface area contributed by atoms with Crippen molar-refractivity contribution >= 4 is 34.8 Å². The Morgan fingerprint density at radius 2 is 1.70 bits per heavy atom. The Morgan fingerprint density at radius 1 is 1.19 bits per heavy atom. The van der Waals surface area contributed by atoms with E-state index in [0.29, 0.717) is 16.8 Å². The van der Waals surface area contributed by atoms with Gasteiger partial charge in [-0.1, -0.05) is 29.8 Å². The van der Waals surface area contributed by atoms with E-state index in [1.54, 1.807) is 0 Å². The third kappa shape index (κ3) is 2.97. The van der Waals surface area contributed by atoms with Crippen molar-refractivity contribution < 1.29 is 31.1 Å². The lowest BCUT2D eigenvalue weighted by atomic mass is 10.0. The van der Waals surface area contributed by atoms with Gasteiger partial charge in [0.05, 0.1) is 27.8 Å². The zero-order valence-corrected chi connectivity index (χ0v) is 14.2. The minimum absolute atomic E-state index is 0.391. The number of aromatic nitrogens is 2. The summed E-state index contributed by atoms with van der Waals surface area (Å²) < 4.78 is 83.6. The monoisotopic (exact) mass is 430 g/mol. The van der Waals surface area contributed by atoms with Crippen molar-refractivity contribution in [3.8, 4) is 5.69 Å². The quantitative estimate of drug-likeness (QED) is 0.408. The topological polar surface area (TPSA) is 60.7 Å². The van der Waals surface area contributed by atoms with Crippen LogP contribution in [0.5, 0.6) is 0 Å². The first-order valence-corrected chi connectivity index (χ1v) is 7.63. The molecule has 1 aromatic carbocycles. The van der Waals surface area contributed by atoms with Crippen LogP contribution < -0.4 is 5.73 Å². The predicted octanol–water partition coefficient (Wildman–Crippen LogP) is 5.12. The zero-order valence-electron chi connectivity index (χ0n) is 12.7. The van der Waals surface area contributed by atoms with Crippen LogP contribution in [0, 0.1) is 6.57 Å². The average Bonchev–Trinajstić information content (AvgIpc) is 3.26. The summed E-state index contributed by atoms with van der Waals surface area (Å²) in [5, 5.41) is 2.51. The van der Waals surface area contributed by atoms with Crippen LogP contribution in [0.2, 0.25) is 10.0 Å². The predicted molar refractivity (Wildman–Crippen MR) is 82.9 cm³/mol. The highest BCUT2D eigenvalue weighted by molar-refractivity contribution is 6.38. The number of hydrogen-bond acceptors (Lipinski definition) is 3. The number of benzene rings is 1. The average molecular weight is 431 g/mol. The molecule has 1 fully saturated rings. The van der Waals surface area contributed by atoms with Crippen molar-refractivity contribution in [3.05, 3.63) is 44.7 Å². The Labute approximate surface area is 157 Å². The summed E-state index contributed by atoms with van der Waals surface area (Å²) in [6.45, 7) is 6.27. The minimum Gasteiger partial charge on any atom is -0.383 e.